The van der Waals surface area contributed by atoms with Gasteiger partial charge in [0, 0.05) is 6.04 Å². The van der Waals surface area contributed by atoms with Crippen LogP contribution in [0.25, 0.3) is 0 Å². The largest absolute Gasteiger partial charge is 0.329 e. The molecule has 0 radical (unpaired) electrons. The highest BCUT2D eigenvalue weighted by Crippen LogP contribution is 2.41. The van der Waals surface area contributed by atoms with Crippen LogP contribution in [-0.2, 0) is 9.63 Å². The van der Waals surface area contributed by atoms with Gasteiger partial charge in [-0.2, -0.15) is 5.01 Å². The van der Waals surface area contributed by atoms with E-state index in [2.05, 4.69) is 30.7 Å². The van der Waals surface area contributed by atoms with E-state index in [1.807, 2.05) is 25.1 Å². The van der Waals surface area contributed by atoms with E-state index in [-0.39, 0.29) is 12.1 Å². The molecule has 2 heterocycles. The molecule has 2 aliphatic heterocycles. The summed E-state index contributed by atoms with van der Waals surface area (Å²) in [7, 11) is 0. The number of hydroxylamine groups is 1. The number of hydrogen-bond acceptors (Lipinski definition) is 5. The second-order valence-corrected chi connectivity index (χ2v) is 8.42. The number of likely N-dealkylation sites (N-methyl/N-ethyl adjacent to an activating group) is 1. The van der Waals surface area contributed by atoms with E-state index in [0.29, 0.717) is 22.6 Å². The van der Waals surface area contributed by atoms with Gasteiger partial charge in [-0.25, -0.2) is 0 Å². The Morgan fingerprint density at radius 2 is 2.00 bits per heavy atom. The van der Waals surface area contributed by atoms with Gasteiger partial charge in [0.15, 0.2) is 0 Å². The lowest BCUT2D eigenvalue weighted by Crippen LogP contribution is -2.55. The number of likely N-dealkylation sites (tertiary alicyclic amines) is 1. The summed E-state index contributed by atoms with van der Waals surface area (Å²) in [4.78, 5) is 19.2. The number of hydrazine groups is 1. The topological polar surface area (TPSA) is 36.0 Å². The standard InChI is InChI=1S/C21H29Cl2N3O2/c1-5-24-11-7-6-8-20(24)21-14(2)15(3)26(28-13-27)25(21)16(4)17-9-10-18(22)19(23)12-17/h9-10,12-13,16,20-21H,5-8,11H2,1-4H3. The molecular weight excluding hydrogens is 397 g/mol. The molecule has 7 heteroatoms. The van der Waals surface area contributed by atoms with Crippen LogP contribution in [0.2, 0.25) is 10.0 Å². The summed E-state index contributed by atoms with van der Waals surface area (Å²) in [5.41, 5.74) is 3.23. The number of benzene rings is 1. The summed E-state index contributed by atoms with van der Waals surface area (Å²) in [6.07, 6.45) is 3.58. The molecule has 1 aromatic rings. The number of rotatable bonds is 6. The van der Waals surface area contributed by atoms with Gasteiger partial charge in [0.1, 0.15) is 0 Å². The van der Waals surface area contributed by atoms with Crippen LogP contribution in [0.5, 0.6) is 0 Å². The van der Waals surface area contributed by atoms with Gasteiger partial charge in [-0.05, 0) is 70.0 Å². The summed E-state index contributed by atoms with van der Waals surface area (Å²) in [5.74, 6) is 0. The zero-order valence-electron chi connectivity index (χ0n) is 17.0. The first kappa shape index (κ1) is 21.4. The molecule has 154 valence electrons. The van der Waals surface area contributed by atoms with Gasteiger partial charge in [0.05, 0.1) is 27.8 Å². The van der Waals surface area contributed by atoms with Crippen molar-refractivity contribution in [3.8, 4) is 0 Å². The molecule has 3 atom stereocenters. The zero-order chi connectivity index (χ0) is 20.4. The lowest BCUT2D eigenvalue weighted by atomic mass is 9.90. The molecule has 5 nitrogen and oxygen atoms in total. The van der Waals surface area contributed by atoms with Gasteiger partial charge >= 0.3 is 6.47 Å². The summed E-state index contributed by atoms with van der Waals surface area (Å²) in [6.45, 7) is 11.1. The fourth-order valence-electron chi connectivity index (χ4n) is 4.58. The lowest BCUT2D eigenvalue weighted by molar-refractivity contribution is -0.251. The second kappa shape index (κ2) is 9.04. The van der Waals surface area contributed by atoms with Crippen LogP contribution < -0.4 is 0 Å². The molecule has 1 aromatic carbocycles. The highest BCUT2D eigenvalue weighted by molar-refractivity contribution is 6.42. The number of halogens is 2. The Bertz CT molecular complexity index is 755. The normalized spacial score (nSPS) is 25.3. The molecule has 0 saturated carbocycles. The molecule has 0 amide bonds. The molecule has 2 aliphatic rings. The average molecular weight is 426 g/mol. The number of nitrogens with zero attached hydrogens (tertiary/aromatic N) is 3. The van der Waals surface area contributed by atoms with E-state index >= 15 is 0 Å². The first-order valence-corrected chi connectivity index (χ1v) is 10.7. The Labute approximate surface area is 177 Å². The maximum absolute atomic E-state index is 11.3. The van der Waals surface area contributed by atoms with Crippen molar-refractivity contribution < 1.29 is 9.63 Å². The van der Waals surface area contributed by atoms with E-state index in [1.54, 1.807) is 5.17 Å². The van der Waals surface area contributed by atoms with Crippen LogP contribution in [0.3, 0.4) is 0 Å². The van der Waals surface area contributed by atoms with Crippen molar-refractivity contribution >= 4 is 29.7 Å². The summed E-state index contributed by atoms with van der Waals surface area (Å²) >= 11 is 12.4. The molecular formula is C21H29Cl2N3O2. The van der Waals surface area contributed by atoms with Crippen LogP contribution in [0.4, 0.5) is 0 Å². The van der Waals surface area contributed by atoms with Crippen LogP contribution in [0, 0.1) is 0 Å². The van der Waals surface area contributed by atoms with Gasteiger partial charge in [-0.15, -0.1) is 5.17 Å². The maximum atomic E-state index is 11.3. The van der Waals surface area contributed by atoms with Crippen molar-refractivity contribution in [3.63, 3.8) is 0 Å². The molecule has 0 aromatic heterocycles. The third kappa shape index (κ3) is 3.90. The Balaban J connectivity index is 2.01. The van der Waals surface area contributed by atoms with Crippen LogP contribution in [0.1, 0.15) is 58.6 Å². The first-order valence-electron chi connectivity index (χ1n) is 9.95. The molecule has 1 fully saturated rings. The third-order valence-electron chi connectivity index (χ3n) is 6.20. The second-order valence-electron chi connectivity index (χ2n) is 7.61. The Morgan fingerprint density at radius 1 is 1.25 bits per heavy atom. The minimum Gasteiger partial charge on any atom is -0.329 e. The predicted molar refractivity (Wildman–Crippen MR) is 113 cm³/mol. The zero-order valence-corrected chi connectivity index (χ0v) is 18.5. The van der Waals surface area contributed by atoms with Crippen molar-refractivity contribution in [1.29, 1.82) is 0 Å². The summed E-state index contributed by atoms with van der Waals surface area (Å²) in [5, 5.41) is 4.89. The summed E-state index contributed by atoms with van der Waals surface area (Å²) < 4.78 is 0. The van der Waals surface area contributed by atoms with E-state index in [0.717, 1.165) is 30.8 Å². The highest BCUT2D eigenvalue weighted by atomic mass is 35.5. The van der Waals surface area contributed by atoms with Crippen molar-refractivity contribution in [2.45, 2.75) is 65.1 Å². The van der Waals surface area contributed by atoms with E-state index in [1.165, 1.54) is 18.4 Å². The Kier molecular flexibility index (Phi) is 6.92. The van der Waals surface area contributed by atoms with Gasteiger partial charge in [-0.1, -0.05) is 42.6 Å². The van der Waals surface area contributed by atoms with Crippen molar-refractivity contribution in [1.82, 2.24) is 15.1 Å². The van der Waals surface area contributed by atoms with E-state index < -0.39 is 0 Å². The van der Waals surface area contributed by atoms with E-state index in [4.69, 9.17) is 28.0 Å². The molecule has 0 aliphatic carbocycles. The Morgan fingerprint density at radius 3 is 2.64 bits per heavy atom. The first-order chi connectivity index (χ1) is 13.4. The van der Waals surface area contributed by atoms with Crippen LogP contribution in [-0.4, -0.2) is 46.7 Å². The van der Waals surface area contributed by atoms with Crippen LogP contribution in [0.15, 0.2) is 29.5 Å². The monoisotopic (exact) mass is 425 g/mol. The van der Waals surface area contributed by atoms with Crippen LogP contribution >= 0.6 is 23.2 Å². The minimum absolute atomic E-state index is 0.0484. The van der Waals surface area contributed by atoms with E-state index in [9.17, 15) is 4.79 Å². The molecule has 3 rings (SSSR count). The SMILES string of the molecule is CCN1CCCCC1C1C(C)=C(C)N(OC=O)N1C(C)c1ccc(Cl)c(Cl)c1. The number of carbonyl (C=O) groups excluding carboxylic acids is 1. The van der Waals surface area contributed by atoms with Gasteiger partial charge in [0.2, 0.25) is 0 Å². The Hall–Kier alpha value is -1.27. The number of allylic oxidation sites excluding steroid dienone is 1. The van der Waals surface area contributed by atoms with Gasteiger partial charge < -0.3 is 4.84 Å². The summed E-state index contributed by atoms with van der Waals surface area (Å²) in [6, 6.07) is 6.15. The quantitative estimate of drug-likeness (QED) is 0.584. The number of hydrogen-bond donors (Lipinski definition) is 0. The van der Waals surface area contributed by atoms with Crippen molar-refractivity contribution in [3.05, 3.63) is 45.1 Å². The van der Waals surface area contributed by atoms with Crippen molar-refractivity contribution in [2.24, 2.45) is 0 Å². The van der Waals surface area contributed by atoms with Gasteiger partial charge in [-0.3, -0.25) is 9.69 Å². The predicted octanol–water partition coefficient (Wildman–Crippen LogP) is 5.21. The third-order valence-corrected chi connectivity index (χ3v) is 6.94. The molecule has 3 unspecified atom stereocenters. The number of piperidine rings is 1. The lowest BCUT2D eigenvalue weighted by Gasteiger charge is -2.45. The molecule has 0 spiro atoms. The van der Waals surface area contributed by atoms with Gasteiger partial charge in [0.25, 0.3) is 0 Å². The fourth-order valence-corrected chi connectivity index (χ4v) is 4.89. The molecule has 0 bridgehead atoms. The molecule has 0 N–H and O–H groups in total. The average Bonchev–Trinajstić information content (AvgIpc) is 2.94. The highest BCUT2D eigenvalue weighted by Gasteiger charge is 2.45. The smallest absolute Gasteiger partial charge is 0.322 e. The molecule has 1 saturated heterocycles. The molecule has 28 heavy (non-hydrogen) atoms. The fraction of sp³-hybridized carbons (Fsp3) is 0.571. The minimum atomic E-state index is -0.0484. The van der Waals surface area contributed by atoms with Crippen molar-refractivity contribution in [2.75, 3.05) is 13.1 Å². The number of carbonyl (C=O) groups is 1. The maximum Gasteiger partial charge on any atom is 0.322 e.